The number of hydrogen-bond acceptors (Lipinski definition) is 5. The van der Waals surface area contributed by atoms with E-state index < -0.39 is 0 Å². The molecule has 1 aliphatic heterocycles. The molecule has 0 radical (unpaired) electrons. The average molecular weight is 382 g/mol. The number of thiazole rings is 1. The van der Waals surface area contributed by atoms with E-state index in [1.54, 1.807) is 35.9 Å². The van der Waals surface area contributed by atoms with Gasteiger partial charge in [-0.2, -0.15) is 0 Å². The molecule has 1 amide bonds. The number of anilines is 1. The van der Waals surface area contributed by atoms with Crippen LogP contribution in [-0.2, 0) is 11.2 Å². The molecule has 0 aliphatic carbocycles. The predicted octanol–water partition coefficient (Wildman–Crippen LogP) is 3.24. The topological polar surface area (TPSA) is 49.3 Å². The first kappa shape index (κ1) is 17.6. The van der Waals surface area contributed by atoms with Crippen LogP contribution in [0.2, 0.25) is 0 Å². The highest BCUT2D eigenvalue weighted by molar-refractivity contribution is 7.13. The van der Waals surface area contributed by atoms with Gasteiger partial charge in [0.2, 0.25) is 5.91 Å². The van der Waals surface area contributed by atoms with Gasteiger partial charge in [-0.15, -0.1) is 11.3 Å². The van der Waals surface area contributed by atoms with E-state index in [9.17, 15) is 9.18 Å². The fourth-order valence-electron chi connectivity index (χ4n) is 3.15. The fraction of sp³-hybridized carbons (Fsp3) is 0.250. The Morgan fingerprint density at radius 1 is 1.04 bits per heavy atom. The summed E-state index contributed by atoms with van der Waals surface area (Å²) in [7, 11) is 0. The second-order valence-electron chi connectivity index (χ2n) is 6.40. The Kier molecular flexibility index (Phi) is 5.11. The standard InChI is InChI=1S/C20H19FN4OS/c21-16-1-3-18(4-2-16)24-9-11-25(12-10-24)19(26)13-17-14-27-20(23-17)15-5-7-22-8-6-15/h1-8,14H,9-13H2. The third kappa shape index (κ3) is 4.14. The molecule has 5 nitrogen and oxygen atoms in total. The first-order valence-electron chi connectivity index (χ1n) is 8.82. The van der Waals surface area contributed by atoms with E-state index in [4.69, 9.17) is 0 Å². The zero-order valence-electron chi connectivity index (χ0n) is 14.7. The summed E-state index contributed by atoms with van der Waals surface area (Å²) in [6, 6.07) is 10.3. The van der Waals surface area contributed by atoms with Crippen LogP contribution < -0.4 is 4.90 Å². The Balaban J connectivity index is 1.33. The Labute approximate surface area is 161 Å². The van der Waals surface area contributed by atoms with Crippen LogP contribution in [0, 0.1) is 5.82 Å². The van der Waals surface area contributed by atoms with E-state index in [0.717, 1.165) is 35.0 Å². The maximum atomic E-state index is 13.1. The summed E-state index contributed by atoms with van der Waals surface area (Å²) in [5.41, 5.74) is 2.81. The Bertz CT molecular complexity index is 905. The van der Waals surface area contributed by atoms with Crippen molar-refractivity contribution in [3.8, 4) is 10.6 Å². The van der Waals surface area contributed by atoms with Crippen LogP contribution in [0.5, 0.6) is 0 Å². The van der Waals surface area contributed by atoms with Gasteiger partial charge in [0.1, 0.15) is 10.8 Å². The van der Waals surface area contributed by atoms with Gasteiger partial charge in [-0.05, 0) is 36.4 Å². The number of rotatable bonds is 4. The molecule has 138 valence electrons. The van der Waals surface area contributed by atoms with E-state index in [-0.39, 0.29) is 11.7 Å². The number of hydrogen-bond donors (Lipinski definition) is 0. The van der Waals surface area contributed by atoms with Crippen LogP contribution in [-0.4, -0.2) is 47.0 Å². The fourth-order valence-corrected chi connectivity index (χ4v) is 3.97. The highest BCUT2D eigenvalue weighted by Gasteiger charge is 2.22. The van der Waals surface area contributed by atoms with Gasteiger partial charge in [0.15, 0.2) is 0 Å². The second-order valence-corrected chi connectivity index (χ2v) is 7.26. The summed E-state index contributed by atoms with van der Waals surface area (Å²) < 4.78 is 13.1. The molecule has 1 aromatic carbocycles. The Hall–Kier alpha value is -2.80. The van der Waals surface area contributed by atoms with Crippen molar-refractivity contribution in [1.82, 2.24) is 14.9 Å². The Morgan fingerprint density at radius 2 is 1.74 bits per heavy atom. The summed E-state index contributed by atoms with van der Waals surface area (Å²) in [4.78, 5) is 25.3. The summed E-state index contributed by atoms with van der Waals surface area (Å²) in [6.07, 6.45) is 3.79. The molecule has 0 N–H and O–H groups in total. The molecule has 0 atom stereocenters. The lowest BCUT2D eigenvalue weighted by Gasteiger charge is -2.36. The van der Waals surface area contributed by atoms with Crippen molar-refractivity contribution in [3.05, 3.63) is 65.7 Å². The molecular formula is C20H19FN4OS. The molecule has 27 heavy (non-hydrogen) atoms. The van der Waals surface area contributed by atoms with Gasteiger partial charge < -0.3 is 9.80 Å². The molecule has 3 aromatic rings. The number of piperazine rings is 1. The van der Waals surface area contributed by atoms with E-state index >= 15 is 0 Å². The van der Waals surface area contributed by atoms with Crippen molar-refractivity contribution in [2.45, 2.75) is 6.42 Å². The number of amides is 1. The predicted molar refractivity (Wildman–Crippen MR) is 104 cm³/mol. The van der Waals surface area contributed by atoms with Crippen LogP contribution in [0.1, 0.15) is 5.69 Å². The first-order chi connectivity index (χ1) is 13.2. The number of carbonyl (C=O) groups excluding carboxylic acids is 1. The van der Waals surface area contributed by atoms with Gasteiger partial charge in [0.25, 0.3) is 0 Å². The quantitative estimate of drug-likeness (QED) is 0.695. The maximum absolute atomic E-state index is 13.1. The molecule has 1 saturated heterocycles. The summed E-state index contributed by atoms with van der Waals surface area (Å²) >= 11 is 1.54. The number of pyridine rings is 1. The van der Waals surface area contributed by atoms with Crippen LogP contribution in [0.25, 0.3) is 10.6 Å². The maximum Gasteiger partial charge on any atom is 0.228 e. The molecule has 3 heterocycles. The zero-order chi connectivity index (χ0) is 18.6. The van der Waals surface area contributed by atoms with E-state index in [1.165, 1.54) is 12.1 Å². The average Bonchev–Trinajstić information content (AvgIpc) is 3.18. The van der Waals surface area contributed by atoms with Crippen molar-refractivity contribution in [2.24, 2.45) is 0 Å². The van der Waals surface area contributed by atoms with E-state index in [2.05, 4.69) is 14.9 Å². The SMILES string of the molecule is O=C(Cc1csc(-c2ccncc2)n1)N1CCN(c2ccc(F)cc2)CC1. The summed E-state index contributed by atoms with van der Waals surface area (Å²) in [6.45, 7) is 2.82. The first-order valence-corrected chi connectivity index (χ1v) is 9.70. The molecule has 0 saturated carbocycles. The Morgan fingerprint density at radius 3 is 2.44 bits per heavy atom. The van der Waals surface area contributed by atoms with Crippen LogP contribution in [0.3, 0.4) is 0 Å². The van der Waals surface area contributed by atoms with Gasteiger partial charge in [-0.3, -0.25) is 9.78 Å². The smallest absolute Gasteiger partial charge is 0.228 e. The number of nitrogens with zero attached hydrogens (tertiary/aromatic N) is 4. The molecule has 1 aliphatic rings. The van der Waals surface area contributed by atoms with E-state index in [0.29, 0.717) is 19.5 Å². The molecule has 0 spiro atoms. The second kappa shape index (κ2) is 7.84. The molecular weight excluding hydrogens is 363 g/mol. The highest BCUT2D eigenvalue weighted by atomic mass is 32.1. The van der Waals surface area contributed by atoms with Crippen molar-refractivity contribution in [2.75, 3.05) is 31.1 Å². The van der Waals surface area contributed by atoms with Crippen molar-refractivity contribution >= 4 is 22.9 Å². The van der Waals surface area contributed by atoms with Crippen LogP contribution in [0.4, 0.5) is 10.1 Å². The molecule has 0 unspecified atom stereocenters. The number of aromatic nitrogens is 2. The zero-order valence-corrected chi connectivity index (χ0v) is 15.5. The third-order valence-electron chi connectivity index (χ3n) is 4.64. The monoisotopic (exact) mass is 382 g/mol. The number of halogens is 1. The van der Waals surface area contributed by atoms with Gasteiger partial charge >= 0.3 is 0 Å². The molecule has 2 aromatic heterocycles. The minimum absolute atomic E-state index is 0.0975. The molecule has 0 bridgehead atoms. The van der Waals surface area contributed by atoms with Crippen LogP contribution >= 0.6 is 11.3 Å². The molecule has 4 rings (SSSR count). The summed E-state index contributed by atoms with van der Waals surface area (Å²) in [5, 5.41) is 2.85. The lowest BCUT2D eigenvalue weighted by molar-refractivity contribution is -0.130. The minimum atomic E-state index is -0.234. The number of carbonyl (C=O) groups is 1. The van der Waals surface area contributed by atoms with Gasteiger partial charge in [0, 0.05) is 55.2 Å². The van der Waals surface area contributed by atoms with Gasteiger partial charge in [-0.1, -0.05) is 0 Å². The number of benzene rings is 1. The van der Waals surface area contributed by atoms with Crippen molar-refractivity contribution in [3.63, 3.8) is 0 Å². The lowest BCUT2D eigenvalue weighted by atomic mass is 10.2. The largest absolute Gasteiger partial charge is 0.368 e. The molecule has 7 heteroatoms. The van der Waals surface area contributed by atoms with Crippen molar-refractivity contribution < 1.29 is 9.18 Å². The van der Waals surface area contributed by atoms with E-state index in [1.807, 2.05) is 22.4 Å². The van der Waals surface area contributed by atoms with Gasteiger partial charge in [0.05, 0.1) is 12.1 Å². The normalized spacial score (nSPS) is 14.4. The third-order valence-corrected chi connectivity index (χ3v) is 5.58. The van der Waals surface area contributed by atoms with Crippen LogP contribution in [0.15, 0.2) is 54.2 Å². The summed E-state index contributed by atoms with van der Waals surface area (Å²) in [5.74, 6) is -0.137. The lowest BCUT2D eigenvalue weighted by Crippen LogP contribution is -2.49. The highest BCUT2D eigenvalue weighted by Crippen LogP contribution is 2.23. The van der Waals surface area contributed by atoms with Crippen molar-refractivity contribution in [1.29, 1.82) is 0 Å². The van der Waals surface area contributed by atoms with Gasteiger partial charge in [-0.25, -0.2) is 9.37 Å². The minimum Gasteiger partial charge on any atom is -0.368 e. The molecule has 1 fully saturated rings.